The summed E-state index contributed by atoms with van der Waals surface area (Å²) in [5, 5.41) is 11.3. The molecular weight excluding hydrogens is 272 g/mol. The summed E-state index contributed by atoms with van der Waals surface area (Å²) < 4.78 is 5.02. The number of rotatable bonds is 4. The van der Waals surface area contributed by atoms with Gasteiger partial charge in [-0.3, -0.25) is 4.79 Å². The van der Waals surface area contributed by atoms with Crippen LogP contribution in [0.3, 0.4) is 0 Å². The van der Waals surface area contributed by atoms with Gasteiger partial charge in [-0.25, -0.2) is 9.78 Å². The zero-order chi connectivity index (χ0) is 15.4. The van der Waals surface area contributed by atoms with E-state index in [0.717, 1.165) is 17.2 Å². The lowest BCUT2D eigenvalue weighted by Crippen LogP contribution is -2.12. The second-order valence-electron chi connectivity index (χ2n) is 4.46. The summed E-state index contributed by atoms with van der Waals surface area (Å²) >= 11 is 0. The second kappa shape index (κ2) is 6.04. The van der Waals surface area contributed by atoms with E-state index in [9.17, 15) is 9.59 Å². The molecule has 0 saturated carbocycles. The number of aromatic nitrogens is 1. The van der Waals surface area contributed by atoms with Crippen LogP contribution in [-0.4, -0.2) is 22.0 Å². The van der Waals surface area contributed by atoms with Gasteiger partial charge in [-0.2, -0.15) is 0 Å². The van der Waals surface area contributed by atoms with Gasteiger partial charge in [0.25, 0.3) is 5.91 Å². The first kappa shape index (κ1) is 14.5. The van der Waals surface area contributed by atoms with E-state index in [1.54, 1.807) is 25.1 Å². The molecule has 1 aromatic heterocycles. The number of aryl methyl sites for hydroxylation is 2. The van der Waals surface area contributed by atoms with E-state index >= 15 is 0 Å². The Morgan fingerprint density at radius 1 is 1.33 bits per heavy atom. The van der Waals surface area contributed by atoms with Gasteiger partial charge in [0.05, 0.1) is 5.69 Å². The Bertz CT molecular complexity index is 716. The van der Waals surface area contributed by atoms with Crippen LogP contribution in [0.4, 0.5) is 5.69 Å². The number of oxazole rings is 1. The number of nitrogens with zero attached hydrogens (tertiary/aromatic N) is 1. The van der Waals surface area contributed by atoms with Crippen LogP contribution in [0.15, 0.2) is 35.1 Å². The van der Waals surface area contributed by atoms with E-state index in [-0.39, 0.29) is 11.7 Å². The number of carboxylic acids is 1. The van der Waals surface area contributed by atoms with Crippen molar-refractivity contribution >= 4 is 23.6 Å². The highest BCUT2D eigenvalue weighted by molar-refractivity contribution is 6.03. The van der Waals surface area contributed by atoms with Crippen molar-refractivity contribution in [3.05, 3.63) is 53.2 Å². The summed E-state index contributed by atoms with van der Waals surface area (Å²) in [5.74, 6) is -1.21. The first-order valence-electron chi connectivity index (χ1n) is 6.20. The fourth-order valence-corrected chi connectivity index (χ4v) is 1.81. The Morgan fingerprint density at radius 3 is 2.67 bits per heavy atom. The molecule has 0 aliphatic rings. The molecule has 0 atom stereocenters. The van der Waals surface area contributed by atoms with Gasteiger partial charge in [0, 0.05) is 11.8 Å². The molecule has 0 saturated heterocycles. The third kappa shape index (κ3) is 3.56. The first-order valence-corrected chi connectivity index (χ1v) is 6.20. The molecule has 0 aliphatic carbocycles. The number of anilines is 1. The highest BCUT2D eigenvalue weighted by Crippen LogP contribution is 2.18. The number of carbonyl (C=O) groups is 2. The van der Waals surface area contributed by atoms with Crippen molar-refractivity contribution in [1.29, 1.82) is 0 Å². The van der Waals surface area contributed by atoms with Gasteiger partial charge in [0.2, 0.25) is 5.76 Å². The molecule has 108 valence electrons. The zero-order valence-electron chi connectivity index (χ0n) is 11.6. The quantitative estimate of drug-likeness (QED) is 0.843. The van der Waals surface area contributed by atoms with Gasteiger partial charge in [-0.05, 0) is 43.2 Å². The van der Waals surface area contributed by atoms with Crippen LogP contribution in [0.2, 0.25) is 0 Å². The van der Waals surface area contributed by atoms with Gasteiger partial charge >= 0.3 is 5.97 Å². The molecule has 2 N–H and O–H groups in total. The van der Waals surface area contributed by atoms with Gasteiger partial charge in [0.15, 0.2) is 6.39 Å². The van der Waals surface area contributed by atoms with E-state index in [0.29, 0.717) is 11.4 Å². The molecule has 6 heteroatoms. The van der Waals surface area contributed by atoms with Gasteiger partial charge < -0.3 is 14.8 Å². The van der Waals surface area contributed by atoms with Crippen LogP contribution in [0.5, 0.6) is 0 Å². The van der Waals surface area contributed by atoms with Crippen molar-refractivity contribution in [1.82, 2.24) is 4.98 Å². The molecule has 1 amide bonds. The number of hydrogen-bond acceptors (Lipinski definition) is 4. The van der Waals surface area contributed by atoms with Crippen molar-refractivity contribution in [2.45, 2.75) is 13.8 Å². The summed E-state index contributed by atoms with van der Waals surface area (Å²) in [5.41, 5.74) is 2.73. The van der Waals surface area contributed by atoms with E-state index in [1.807, 2.05) is 6.92 Å². The molecule has 0 aliphatic heterocycles. The monoisotopic (exact) mass is 286 g/mol. The Labute approximate surface area is 121 Å². The number of hydrogen-bond donors (Lipinski definition) is 2. The van der Waals surface area contributed by atoms with Gasteiger partial charge in [0.1, 0.15) is 0 Å². The summed E-state index contributed by atoms with van der Waals surface area (Å²) in [6.07, 6.45) is 3.79. The lowest BCUT2D eigenvalue weighted by atomic mass is 10.1. The zero-order valence-corrected chi connectivity index (χ0v) is 11.6. The molecule has 1 heterocycles. The summed E-state index contributed by atoms with van der Waals surface area (Å²) in [7, 11) is 0. The number of carboxylic acid groups (broad SMARTS) is 1. The SMILES string of the molecule is Cc1cc(NC(=O)c2ocnc2C)ccc1/C=C/C(=O)O. The molecule has 0 fully saturated rings. The molecule has 0 bridgehead atoms. The van der Waals surface area contributed by atoms with E-state index in [4.69, 9.17) is 9.52 Å². The molecule has 6 nitrogen and oxygen atoms in total. The van der Waals surface area contributed by atoms with E-state index < -0.39 is 5.97 Å². The molecule has 1 aromatic carbocycles. The third-order valence-electron chi connectivity index (χ3n) is 2.88. The van der Waals surface area contributed by atoms with Crippen LogP contribution in [0.25, 0.3) is 6.08 Å². The second-order valence-corrected chi connectivity index (χ2v) is 4.46. The Morgan fingerprint density at radius 2 is 2.10 bits per heavy atom. The van der Waals surface area contributed by atoms with Crippen molar-refractivity contribution in [2.75, 3.05) is 5.32 Å². The number of benzene rings is 1. The fourth-order valence-electron chi connectivity index (χ4n) is 1.81. The molecule has 0 radical (unpaired) electrons. The number of aliphatic carboxylic acids is 1. The fraction of sp³-hybridized carbons (Fsp3) is 0.133. The van der Waals surface area contributed by atoms with Gasteiger partial charge in [-0.15, -0.1) is 0 Å². The normalized spacial score (nSPS) is 10.8. The maximum absolute atomic E-state index is 12.0. The maximum atomic E-state index is 12.0. The molecule has 2 rings (SSSR count). The van der Waals surface area contributed by atoms with Crippen LogP contribution >= 0.6 is 0 Å². The minimum atomic E-state index is -1.01. The van der Waals surface area contributed by atoms with Crippen molar-refractivity contribution in [2.24, 2.45) is 0 Å². The lowest BCUT2D eigenvalue weighted by molar-refractivity contribution is -0.131. The maximum Gasteiger partial charge on any atom is 0.328 e. The molecular formula is C15H14N2O4. The van der Waals surface area contributed by atoms with Gasteiger partial charge in [-0.1, -0.05) is 6.07 Å². The minimum absolute atomic E-state index is 0.169. The number of carbonyl (C=O) groups excluding carboxylic acids is 1. The minimum Gasteiger partial charge on any atom is -0.478 e. The average Bonchev–Trinajstić information content (AvgIpc) is 2.84. The molecule has 0 spiro atoms. The Balaban J connectivity index is 2.15. The average molecular weight is 286 g/mol. The lowest BCUT2D eigenvalue weighted by Gasteiger charge is -2.07. The van der Waals surface area contributed by atoms with E-state index in [2.05, 4.69) is 10.3 Å². The van der Waals surface area contributed by atoms with E-state index in [1.165, 1.54) is 12.5 Å². The smallest absolute Gasteiger partial charge is 0.328 e. The molecule has 21 heavy (non-hydrogen) atoms. The largest absolute Gasteiger partial charge is 0.478 e. The topological polar surface area (TPSA) is 92.4 Å². The summed E-state index contributed by atoms with van der Waals surface area (Å²) in [4.78, 5) is 26.3. The van der Waals surface area contributed by atoms with Crippen molar-refractivity contribution in [3.63, 3.8) is 0 Å². The van der Waals surface area contributed by atoms with Crippen LogP contribution in [0.1, 0.15) is 27.4 Å². The van der Waals surface area contributed by atoms with Crippen molar-refractivity contribution in [3.8, 4) is 0 Å². The standard InChI is InChI=1S/C15H14N2O4/c1-9-7-12(5-3-11(9)4-6-13(18)19)17-15(20)14-10(2)16-8-21-14/h3-8H,1-2H3,(H,17,20)(H,18,19)/b6-4+. The first-order chi connectivity index (χ1) is 9.97. The van der Waals surface area contributed by atoms with Crippen molar-refractivity contribution < 1.29 is 19.1 Å². The molecule has 2 aromatic rings. The highest BCUT2D eigenvalue weighted by Gasteiger charge is 2.14. The van der Waals surface area contributed by atoms with Crippen LogP contribution in [0, 0.1) is 13.8 Å². The predicted octanol–water partition coefficient (Wildman–Crippen LogP) is 2.64. The van der Waals surface area contributed by atoms with Crippen LogP contribution in [-0.2, 0) is 4.79 Å². The summed E-state index contributed by atoms with van der Waals surface area (Å²) in [6, 6.07) is 5.18. The predicted molar refractivity (Wildman–Crippen MR) is 77.0 cm³/mol. The highest BCUT2D eigenvalue weighted by atomic mass is 16.4. The Kier molecular flexibility index (Phi) is 4.18. The van der Waals surface area contributed by atoms with Crippen LogP contribution < -0.4 is 5.32 Å². The summed E-state index contributed by atoms with van der Waals surface area (Å²) in [6.45, 7) is 3.51. The number of amides is 1. The number of nitrogens with one attached hydrogen (secondary N) is 1. The molecule has 0 unspecified atom stereocenters. The third-order valence-corrected chi connectivity index (χ3v) is 2.88. The Hall–Kier alpha value is -2.89.